The molecule has 0 spiro atoms. The Bertz CT molecular complexity index is 1040. The first kappa shape index (κ1) is 23.5. The average Bonchev–Trinajstić information content (AvgIpc) is 3.40. The summed E-state index contributed by atoms with van der Waals surface area (Å²) >= 11 is 0. The number of amides is 2. The van der Waals surface area contributed by atoms with Crippen LogP contribution in [0.1, 0.15) is 60.6 Å². The van der Waals surface area contributed by atoms with Gasteiger partial charge in [-0.15, -0.1) is 0 Å². The summed E-state index contributed by atoms with van der Waals surface area (Å²) in [5.74, 6) is 0.267. The van der Waals surface area contributed by atoms with Crippen LogP contribution < -0.4 is 5.32 Å². The SMILES string of the molecule is O=C(NCCC(=O)N1CCN(S(=O)(=O)c2ccc(C3CCCCC3)cc2)CC1)c1ccco1. The number of carbonyl (C=O) groups excluding carboxylic acids is 2. The van der Waals surface area contributed by atoms with Gasteiger partial charge in [0.25, 0.3) is 5.91 Å². The second kappa shape index (κ2) is 10.5. The van der Waals surface area contributed by atoms with Gasteiger partial charge in [0.2, 0.25) is 15.9 Å². The van der Waals surface area contributed by atoms with Crippen molar-refractivity contribution in [2.45, 2.75) is 49.3 Å². The van der Waals surface area contributed by atoms with Crippen molar-refractivity contribution in [2.75, 3.05) is 32.7 Å². The van der Waals surface area contributed by atoms with Crippen molar-refractivity contribution in [1.82, 2.24) is 14.5 Å². The number of piperazine rings is 1. The third kappa shape index (κ3) is 5.65. The predicted molar refractivity (Wildman–Crippen MR) is 123 cm³/mol. The lowest BCUT2D eigenvalue weighted by Crippen LogP contribution is -2.50. The molecular weight excluding hydrogens is 442 g/mol. The van der Waals surface area contributed by atoms with E-state index >= 15 is 0 Å². The summed E-state index contributed by atoms with van der Waals surface area (Å²) in [6.45, 7) is 1.40. The van der Waals surface area contributed by atoms with E-state index in [0.29, 0.717) is 23.9 Å². The highest BCUT2D eigenvalue weighted by molar-refractivity contribution is 7.89. The molecule has 0 bridgehead atoms. The molecule has 1 N–H and O–H groups in total. The second-order valence-corrected chi connectivity index (χ2v) is 10.6. The second-order valence-electron chi connectivity index (χ2n) is 8.67. The fraction of sp³-hybridized carbons (Fsp3) is 0.500. The molecule has 4 rings (SSSR count). The van der Waals surface area contributed by atoms with Crippen molar-refractivity contribution < 1.29 is 22.4 Å². The van der Waals surface area contributed by atoms with Gasteiger partial charge in [-0.3, -0.25) is 9.59 Å². The molecule has 1 saturated heterocycles. The molecule has 1 aromatic carbocycles. The predicted octanol–water partition coefficient (Wildman–Crippen LogP) is 2.98. The number of benzene rings is 1. The maximum Gasteiger partial charge on any atom is 0.286 e. The lowest BCUT2D eigenvalue weighted by molar-refractivity contribution is -0.132. The van der Waals surface area contributed by atoms with Crippen LogP contribution in [0, 0.1) is 0 Å². The van der Waals surface area contributed by atoms with E-state index in [4.69, 9.17) is 4.42 Å². The number of hydrogen-bond donors (Lipinski definition) is 1. The van der Waals surface area contributed by atoms with Crippen LogP contribution in [0.15, 0.2) is 52.0 Å². The van der Waals surface area contributed by atoms with E-state index < -0.39 is 10.0 Å². The molecule has 2 amide bonds. The highest BCUT2D eigenvalue weighted by Crippen LogP contribution is 2.33. The molecule has 0 unspecified atom stereocenters. The van der Waals surface area contributed by atoms with Crippen molar-refractivity contribution in [3.63, 3.8) is 0 Å². The van der Waals surface area contributed by atoms with Crippen LogP contribution in [0.25, 0.3) is 0 Å². The number of furan rings is 1. The molecule has 0 radical (unpaired) electrons. The molecule has 33 heavy (non-hydrogen) atoms. The molecule has 2 aromatic rings. The van der Waals surface area contributed by atoms with Crippen LogP contribution in [0.2, 0.25) is 0 Å². The van der Waals surface area contributed by atoms with E-state index in [-0.39, 0.29) is 43.6 Å². The van der Waals surface area contributed by atoms with E-state index in [2.05, 4.69) is 5.32 Å². The van der Waals surface area contributed by atoms with Gasteiger partial charge in [-0.2, -0.15) is 4.31 Å². The molecule has 9 heteroatoms. The van der Waals surface area contributed by atoms with E-state index in [1.807, 2.05) is 12.1 Å². The topological polar surface area (TPSA) is 99.9 Å². The number of nitrogens with one attached hydrogen (secondary N) is 1. The van der Waals surface area contributed by atoms with Gasteiger partial charge in [0.15, 0.2) is 5.76 Å². The van der Waals surface area contributed by atoms with Crippen molar-refractivity contribution in [1.29, 1.82) is 0 Å². The number of rotatable bonds is 7. The molecule has 1 aromatic heterocycles. The largest absolute Gasteiger partial charge is 0.459 e. The normalized spacial score (nSPS) is 18.2. The zero-order valence-corrected chi connectivity index (χ0v) is 19.6. The molecule has 1 aliphatic heterocycles. The van der Waals surface area contributed by atoms with Crippen LogP contribution in [0.5, 0.6) is 0 Å². The fourth-order valence-corrected chi connectivity index (χ4v) is 6.03. The summed E-state index contributed by atoms with van der Waals surface area (Å²) in [6.07, 6.45) is 7.69. The molecule has 2 fully saturated rings. The van der Waals surface area contributed by atoms with Crippen molar-refractivity contribution in [2.24, 2.45) is 0 Å². The van der Waals surface area contributed by atoms with Gasteiger partial charge in [-0.1, -0.05) is 31.4 Å². The summed E-state index contributed by atoms with van der Waals surface area (Å²) in [7, 11) is -3.58. The fourth-order valence-electron chi connectivity index (χ4n) is 4.61. The standard InChI is InChI=1S/C24H31N3O5S/c28-23(12-13-25-24(29)22-7-4-18-32-22)26-14-16-27(17-15-26)33(30,31)21-10-8-20(9-11-21)19-5-2-1-3-6-19/h4,7-11,18-19H,1-3,5-6,12-17H2,(H,25,29). The van der Waals surface area contributed by atoms with Crippen molar-refractivity contribution in [3.05, 3.63) is 54.0 Å². The van der Waals surface area contributed by atoms with Gasteiger partial charge in [0, 0.05) is 39.1 Å². The summed E-state index contributed by atoms with van der Waals surface area (Å²) in [5, 5.41) is 2.65. The first-order chi connectivity index (χ1) is 15.9. The van der Waals surface area contributed by atoms with Crippen molar-refractivity contribution >= 4 is 21.8 Å². The minimum atomic E-state index is -3.58. The lowest BCUT2D eigenvalue weighted by atomic mass is 9.84. The smallest absolute Gasteiger partial charge is 0.286 e. The number of carbonyl (C=O) groups is 2. The summed E-state index contributed by atoms with van der Waals surface area (Å²) in [5.41, 5.74) is 1.23. The van der Waals surface area contributed by atoms with Gasteiger partial charge in [0.05, 0.1) is 11.2 Å². The molecule has 8 nitrogen and oxygen atoms in total. The van der Waals surface area contributed by atoms with Gasteiger partial charge < -0.3 is 14.6 Å². The summed E-state index contributed by atoms with van der Waals surface area (Å²) < 4.78 is 32.6. The average molecular weight is 474 g/mol. The highest BCUT2D eigenvalue weighted by Gasteiger charge is 2.30. The number of nitrogens with zero attached hydrogens (tertiary/aromatic N) is 2. The Hall–Kier alpha value is -2.65. The molecule has 1 aliphatic carbocycles. The van der Waals surface area contributed by atoms with Gasteiger partial charge >= 0.3 is 0 Å². The zero-order chi connectivity index (χ0) is 23.3. The minimum Gasteiger partial charge on any atom is -0.459 e. The van der Waals surface area contributed by atoms with Crippen LogP contribution in [0.3, 0.4) is 0 Å². The molecule has 1 saturated carbocycles. The molecule has 178 valence electrons. The third-order valence-corrected chi connectivity index (χ3v) is 8.47. The molecule has 2 heterocycles. The molecule has 2 aliphatic rings. The van der Waals surface area contributed by atoms with Crippen LogP contribution in [0.4, 0.5) is 0 Å². The number of hydrogen-bond acceptors (Lipinski definition) is 5. The Balaban J connectivity index is 1.26. The Morgan fingerprint density at radius 2 is 1.67 bits per heavy atom. The Morgan fingerprint density at radius 3 is 2.30 bits per heavy atom. The van der Waals surface area contributed by atoms with Gasteiger partial charge in [0.1, 0.15) is 0 Å². The quantitative estimate of drug-likeness (QED) is 0.666. The lowest BCUT2D eigenvalue weighted by Gasteiger charge is -2.34. The summed E-state index contributed by atoms with van der Waals surface area (Å²) in [6, 6.07) is 10.5. The van der Waals surface area contributed by atoms with Crippen LogP contribution in [-0.2, 0) is 14.8 Å². The van der Waals surface area contributed by atoms with E-state index in [1.165, 1.54) is 48.2 Å². The first-order valence-electron chi connectivity index (χ1n) is 11.6. The number of sulfonamides is 1. The minimum absolute atomic E-state index is 0.108. The van der Waals surface area contributed by atoms with E-state index in [1.54, 1.807) is 29.2 Å². The first-order valence-corrected chi connectivity index (χ1v) is 13.1. The Morgan fingerprint density at radius 1 is 0.970 bits per heavy atom. The molecule has 0 atom stereocenters. The van der Waals surface area contributed by atoms with Crippen molar-refractivity contribution in [3.8, 4) is 0 Å². The summed E-state index contributed by atoms with van der Waals surface area (Å²) in [4.78, 5) is 26.3. The van der Waals surface area contributed by atoms with E-state index in [9.17, 15) is 18.0 Å². The van der Waals surface area contributed by atoms with Gasteiger partial charge in [-0.25, -0.2) is 8.42 Å². The monoisotopic (exact) mass is 473 g/mol. The van der Waals surface area contributed by atoms with Crippen LogP contribution >= 0.6 is 0 Å². The zero-order valence-electron chi connectivity index (χ0n) is 18.7. The third-order valence-electron chi connectivity index (χ3n) is 6.56. The highest BCUT2D eigenvalue weighted by atomic mass is 32.2. The maximum atomic E-state index is 13.1. The Labute approximate surface area is 195 Å². The van der Waals surface area contributed by atoms with E-state index in [0.717, 1.165) is 0 Å². The van der Waals surface area contributed by atoms with Gasteiger partial charge in [-0.05, 0) is 48.6 Å². The van der Waals surface area contributed by atoms with Crippen LogP contribution in [-0.4, -0.2) is 62.2 Å². The maximum absolute atomic E-state index is 13.1. The Kier molecular flexibility index (Phi) is 7.49. The molecular formula is C24H31N3O5S.